The number of amides is 1. The molecule has 1 saturated carbocycles. The van der Waals surface area contributed by atoms with Crippen molar-refractivity contribution in [3.8, 4) is 0 Å². The summed E-state index contributed by atoms with van der Waals surface area (Å²) in [5.41, 5.74) is 0.688. The highest BCUT2D eigenvalue weighted by atomic mass is 19.1. The van der Waals surface area contributed by atoms with Gasteiger partial charge in [0, 0.05) is 25.7 Å². The van der Waals surface area contributed by atoms with Gasteiger partial charge in [0.15, 0.2) is 5.65 Å². The molecule has 5 rings (SSSR count). The van der Waals surface area contributed by atoms with Crippen molar-refractivity contribution in [2.24, 2.45) is 0 Å². The molecule has 0 aromatic carbocycles. The maximum absolute atomic E-state index is 13.2. The van der Waals surface area contributed by atoms with Crippen molar-refractivity contribution in [3.05, 3.63) is 46.5 Å². The zero-order valence-electron chi connectivity index (χ0n) is 16.1. The van der Waals surface area contributed by atoms with E-state index < -0.39 is 18.1 Å². The van der Waals surface area contributed by atoms with Crippen LogP contribution in [0.5, 0.6) is 0 Å². The summed E-state index contributed by atoms with van der Waals surface area (Å²) in [6.45, 7) is 1.01. The van der Waals surface area contributed by atoms with Crippen LogP contribution in [0.15, 0.2) is 35.4 Å². The normalized spacial score (nSPS) is 20.6. The van der Waals surface area contributed by atoms with Gasteiger partial charge in [-0.15, -0.1) is 0 Å². The predicted molar refractivity (Wildman–Crippen MR) is 107 cm³/mol. The molecule has 3 N–H and O–H groups in total. The molecule has 4 heterocycles. The number of hydrogen-bond donors (Lipinski definition) is 3. The first-order chi connectivity index (χ1) is 14.5. The smallest absolute Gasteiger partial charge is 0.274 e. The van der Waals surface area contributed by atoms with Crippen LogP contribution in [-0.2, 0) is 4.74 Å². The number of hydrogen-bond acceptors (Lipinski definition) is 7. The zero-order chi connectivity index (χ0) is 20.8. The molecule has 2 aliphatic rings. The Kier molecular flexibility index (Phi) is 4.39. The fourth-order valence-corrected chi connectivity index (χ4v) is 3.34. The molecule has 0 bridgehead atoms. The lowest BCUT2D eigenvalue weighted by Gasteiger charge is -2.28. The van der Waals surface area contributed by atoms with Crippen LogP contribution in [0.3, 0.4) is 0 Å². The minimum absolute atomic E-state index is 0.0226. The molecule has 1 saturated heterocycles. The van der Waals surface area contributed by atoms with E-state index in [-0.39, 0.29) is 17.2 Å². The number of aromatic nitrogens is 4. The third-order valence-electron chi connectivity index (χ3n) is 5.25. The summed E-state index contributed by atoms with van der Waals surface area (Å²) in [7, 11) is 1.71. The lowest BCUT2D eigenvalue weighted by atomic mass is 10.2. The third kappa shape index (κ3) is 3.16. The lowest BCUT2D eigenvalue weighted by molar-refractivity contribution is -0.0247. The SMILES string of the molecule is CNc1cc(Nc2cccn(C3COC3)c2=O)nc2c(C(=O)N[C@@H]3C[C@@H]3F)cnn12. The van der Waals surface area contributed by atoms with Gasteiger partial charge in [0.1, 0.15) is 29.1 Å². The fraction of sp³-hybridized carbons (Fsp3) is 0.368. The van der Waals surface area contributed by atoms with E-state index in [4.69, 9.17) is 4.74 Å². The second-order valence-corrected chi connectivity index (χ2v) is 7.35. The topological polar surface area (TPSA) is 115 Å². The first-order valence-corrected chi connectivity index (χ1v) is 9.62. The predicted octanol–water partition coefficient (Wildman–Crippen LogP) is 1.09. The second kappa shape index (κ2) is 7.10. The lowest BCUT2D eigenvalue weighted by Crippen LogP contribution is -2.37. The summed E-state index contributed by atoms with van der Waals surface area (Å²) < 4.78 is 21.4. The summed E-state index contributed by atoms with van der Waals surface area (Å²) >= 11 is 0. The van der Waals surface area contributed by atoms with E-state index in [1.165, 1.54) is 10.7 Å². The summed E-state index contributed by atoms with van der Waals surface area (Å²) in [5, 5.41) is 12.9. The van der Waals surface area contributed by atoms with Crippen molar-refractivity contribution in [3.63, 3.8) is 0 Å². The molecule has 2 fully saturated rings. The van der Waals surface area contributed by atoms with Crippen LogP contribution >= 0.6 is 0 Å². The molecule has 0 spiro atoms. The van der Waals surface area contributed by atoms with Crippen LogP contribution in [0.2, 0.25) is 0 Å². The Morgan fingerprint density at radius 3 is 2.83 bits per heavy atom. The minimum atomic E-state index is -1.00. The number of nitrogens with one attached hydrogen (secondary N) is 3. The standard InChI is InChI=1S/C19H20FN7O3/c1-21-16-6-15(23-13-3-2-4-26(19(13)29)10-8-30-9-10)25-17-11(7-22-27(16)17)18(28)24-14-5-12(14)20/h2-4,6-7,10,12,14,21H,5,8-9H2,1H3,(H,23,25)(H,24,28)/t12-,14+/m0/s1. The molecule has 3 aromatic heterocycles. The first kappa shape index (κ1) is 18.6. The molecular formula is C19H20FN7O3. The number of anilines is 3. The largest absolute Gasteiger partial charge is 0.377 e. The summed E-state index contributed by atoms with van der Waals surface area (Å²) in [4.78, 5) is 29.8. The van der Waals surface area contributed by atoms with Gasteiger partial charge in [-0.3, -0.25) is 9.59 Å². The van der Waals surface area contributed by atoms with Crippen LogP contribution in [0.1, 0.15) is 22.8 Å². The third-order valence-corrected chi connectivity index (χ3v) is 5.25. The van der Waals surface area contributed by atoms with E-state index >= 15 is 0 Å². The number of alkyl halides is 1. The highest BCUT2D eigenvalue weighted by Crippen LogP contribution is 2.26. The minimum Gasteiger partial charge on any atom is -0.377 e. The molecule has 1 amide bonds. The van der Waals surface area contributed by atoms with Gasteiger partial charge in [0.25, 0.3) is 11.5 Å². The molecule has 0 unspecified atom stereocenters. The summed E-state index contributed by atoms with van der Waals surface area (Å²) in [6.07, 6.45) is 2.44. The Morgan fingerprint density at radius 1 is 1.37 bits per heavy atom. The molecule has 1 aliphatic carbocycles. The van der Waals surface area contributed by atoms with Gasteiger partial charge in [0.2, 0.25) is 0 Å². The molecule has 1 aliphatic heterocycles. The van der Waals surface area contributed by atoms with Crippen molar-refractivity contribution in [2.75, 3.05) is 30.9 Å². The van der Waals surface area contributed by atoms with E-state index in [1.807, 2.05) is 0 Å². The first-order valence-electron chi connectivity index (χ1n) is 9.62. The molecular weight excluding hydrogens is 393 g/mol. The number of halogens is 1. The molecule has 11 heteroatoms. The van der Waals surface area contributed by atoms with Gasteiger partial charge in [-0.05, 0) is 12.1 Å². The van der Waals surface area contributed by atoms with Crippen molar-refractivity contribution in [1.82, 2.24) is 24.5 Å². The van der Waals surface area contributed by atoms with Gasteiger partial charge in [-0.1, -0.05) is 0 Å². The van der Waals surface area contributed by atoms with E-state index in [1.54, 1.807) is 36.0 Å². The Morgan fingerprint density at radius 2 is 2.17 bits per heavy atom. The second-order valence-electron chi connectivity index (χ2n) is 7.35. The molecule has 2 atom stereocenters. The molecule has 0 radical (unpaired) electrons. The quantitative estimate of drug-likeness (QED) is 0.554. The van der Waals surface area contributed by atoms with Gasteiger partial charge in [0.05, 0.1) is 31.5 Å². The number of nitrogens with zero attached hydrogens (tertiary/aromatic N) is 4. The zero-order valence-corrected chi connectivity index (χ0v) is 16.1. The van der Waals surface area contributed by atoms with Crippen molar-refractivity contribution in [2.45, 2.75) is 24.7 Å². The molecule has 3 aromatic rings. The van der Waals surface area contributed by atoms with Crippen LogP contribution < -0.4 is 21.5 Å². The monoisotopic (exact) mass is 413 g/mol. The average molecular weight is 413 g/mol. The van der Waals surface area contributed by atoms with Gasteiger partial charge < -0.3 is 25.3 Å². The Bertz CT molecular complexity index is 1190. The highest BCUT2D eigenvalue weighted by Gasteiger charge is 2.39. The van der Waals surface area contributed by atoms with E-state index in [2.05, 4.69) is 26.0 Å². The summed E-state index contributed by atoms with van der Waals surface area (Å²) in [6, 6.07) is 4.69. The van der Waals surface area contributed by atoms with Crippen molar-refractivity contribution < 1.29 is 13.9 Å². The van der Waals surface area contributed by atoms with Crippen LogP contribution in [0, 0.1) is 0 Å². The molecule has 156 valence electrons. The number of carbonyl (C=O) groups excluding carboxylic acids is 1. The van der Waals surface area contributed by atoms with Crippen molar-refractivity contribution >= 4 is 28.9 Å². The Balaban J connectivity index is 1.49. The van der Waals surface area contributed by atoms with Crippen molar-refractivity contribution in [1.29, 1.82) is 0 Å². The fourth-order valence-electron chi connectivity index (χ4n) is 3.34. The van der Waals surface area contributed by atoms with E-state index in [0.29, 0.717) is 42.6 Å². The Hall–Kier alpha value is -3.47. The average Bonchev–Trinajstić information content (AvgIpc) is 3.21. The van der Waals surface area contributed by atoms with Crippen LogP contribution in [0.25, 0.3) is 5.65 Å². The van der Waals surface area contributed by atoms with Gasteiger partial charge in [-0.25, -0.2) is 9.37 Å². The van der Waals surface area contributed by atoms with E-state index in [9.17, 15) is 14.0 Å². The highest BCUT2D eigenvalue weighted by molar-refractivity contribution is 6.00. The number of rotatable bonds is 6. The number of pyridine rings is 1. The number of ether oxygens (including phenoxy) is 1. The van der Waals surface area contributed by atoms with E-state index in [0.717, 1.165) is 0 Å². The summed E-state index contributed by atoms with van der Waals surface area (Å²) in [5.74, 6) is 0.504. The number of carbonyl (C=O) groups is 1. The maximum atomic E-state index is 13.2. The van der Waals surface area contributed by atoms with Crippen LogP contribution in [0.4, 0.5) is 21.7 Å². The maximum Gasteiger partial charge on any atom is 0.274 e. The van der Waals surface area contributed by atoms with Crippen LogP contribution in [-0.4, -0.2) is 57.5 Å². The molecule has 10 nitrogen and oxygen atoms in total. The Labute approximate surface area is 170 Å². The number of fused-ring (bicyclic) bond motifs is 1. The van der Waals surface area contributed by atoms with Gasteiger partial charge >= 0.3 is 0 Å². The van der Waals surface area contributed by atoms with Gasteiger partial charge in [-0.2, -0.15) is 9.61 Å². The molecule has 30 heavy (non-hydrogen) atoms.